The molecule has 0 fully saturated rings. The van der Waals surface area contributed by atoms with E-state index in [-0.39, 0.29) is 17.3 Å². The number of thioether (sulfide) groups is 1. The van der Waals surface area contributed by atoms with Gasteiger partial charge in [0, 0.05) is 23.4 Å². The number of methoxy groups -OCH3 is 1. The number of nitrogens with zero attached hydrogens (tertiary/aromatic N) is 3. The van der Waals surface area contributed by atoms with Crippen molar-refractivity contribution in [1.29, 1.82) is 0 Å². The van der Waals surface area contributed by atoms with Crippen molar-refractivity contribution in [2.45, 2.75) is 10.6 Å². The van der Waals surface area contributed by atoms with Crippen LogP contribution in [-0.2, 0) is 12.8 Å². The third-order valence-electron chi connectivity index (χ3n) is 3.73. The molecule has 9 heteroatoms. The molecule has 0 aliphatic heterocycles. The van der Waals surface area contributed by atoms with Gasteiger partial charge in [0.05, 0.1) is 12.1 Å². The van der Waals surface area contributed by atoms with E-state index in [1.165, 1.54) is 35.6 Å². The highest BCUT2D eigenvalue weighted by Gasteiger charge is 2.11. The Bertz CT molecular complexity index is 1010. The average Bonchev–Trinajstić information content (AvgIpc) is 2.66. The number of aromatic nitrogens is 3. The predicted octanol–water partition coefficient (Wildman–Crippen LogP) is 4.01. The van der Waals surface area contributed by atoms with E-state index in [9.17, 15) is 9.18 Å². The van der Waals surface area contributed by atoms with E-state index in [1.54, 1.807) is 37.4 Å². The lowest BCUT2D eigenvalue weighted by atomic mass is 10.3. The van der Waals surface area contributed by atoms with Crippen LogP contribution in [0, 0.1) is 5.82 Å². The van der Waals surface area contributed by atoms with Crippen LogP contribution in [-0.4, -0.2) is 21.9 Å². The van der Waals surface area contributed by atoms with Crippen LogP contribution in [0.2, 0.25) is 5.02 Å². The first kappa shape index (κ1) is 19.2. The fraction of sp³-hybridized carbons (Fsp3) is 0.167. The van der Waals surface area contributed by atoms with Crippen molar-refractivity contribution >= 4 is 35.0 Å². The first-order valence-corrected chi connectivity index (χ1v) is 9.26. The molecule has 0 atom stereocenters. The summed E-state index contributed by atoms with van der Waals surface area (Å²) in [6.45, 7) is 0. The number of anilines is 2. The van der Waals surface area contributed by atoms with Gasteiger partial charge in [-0.2, -0.15) is 0 Å². The molecule has 2 aromatic carbocycles. The maximum atomic E-state index is 13.0. The van der Waals surface area contributed by atoms with Gasteiger partial charge in [-0.25, -0.2) is 4.39 Å². The minimum Gasteiger partial charge on any atom is -0.495 e. The number of hydrogen-bond donors (Lipinski definition) is 1. The van der Waals surface area contributed by atoms with Gasteiger partial charge in [-0.1, -0.05) is 11.6 Å². The summed E-state index contributed by atoms with van der Waals surface area (Å²) in [5, 5.41) is 11.6. The zero-order valence-corrected chi connectivity index (χ0v) is 16.1. The van der Waals surface area contributed by atoms with Crippen LogP contribution in [0.4, 0.5) is 16.0 Å². The van der Waals surface area contributed by atoms with Crippen molar-refractivity contribution < 1.29 is 9.13 Å². The fourth-order valence-electron chi connectivity index (χ4n) is 2.26. The summed E-state index contributed by atoms with van der Waals surface area (Å²) in [7, 11) is 3.14. The number of benzene rings is 2. The zero-order valence-electron chi connectivity index (χ0n) is 14.6. The van der Waals surface area contributed by atoms with E-state index < -0.39 is 0 Å². The van der Waals surface area contributed by atoms with Crippen LogP contribution < -0.4 is 15.6 Å². The first-order chi connectivity index (χ1) is 13.0. The number of halogens is 2. The third kappa shape index (κ3) is 4.58. The summed E-state index contributed by atoms with van der Waals surface area (Å²) in [4.78, 5) is 13.4. The number of ether oxygens (including phenoxy) is 1. The summed E-state index contributed by atoms with van der Waals surface area (Å²) < 4.78 is 19.4. The summed E-state index contributed by atoms with van der Waals surface area (Å²) in [6.07, 6.45) is 0. The van der Waals surface area contributed by atoms with Gasteiger partial charge >= 0.3 is 0 Å². The Balaban J connectivity index is 1.75. The molecule has 0 spiro atoms. The molecule has 1 N–H and O–H groups in total. The van der Waals surface area contributed by atoms with Gasteiger partial charge in [-0.3, -0.25) is 9.36 Å². The van der Waals surface area contributed by atoms with Gasteiger partial charge < -0.3 is 10.1 Å². The zero-order chi connectivity index (χ0) is 19.4. The lowest BCUT2D eigenvalue weighted by Gasteiger charge is -2.11. The molecule has 27 heavy (non-hydrogen) atoms. The number of rotatable bonds is 6. The molecule has 0 aliphatic rings. The maximum Gasteiger partial charge on any atom is 0.277 e. The molecule has 1 aromatic heterocycles. The third-order valence-corrected chi connectivity index (χ3v) is 5.05. The molecule has 0 bridgehead atoms. The molecule has 0 unspecified atom stereocenters. The van der Waals surface area contributed by atoms with Crippen molar-refractivity contribution in [3.8, 4) is 5.75 Å². The van der Waals surface area contributed by atoms with Crippen molar-refractivity contribution in [2.75, 3.05) is 12.4 Å². The Morgan fingerprint density at radius 1 is 1.22 bits per heavy atom. The smallest absolute Gasteiger partial charge is 0.277 e. The molecule has 140 valence electrons. The molecule has 0 aliphatic carbocycles. The average molecular weight is 407 g/mol. The van der Waals surface area contributed by atoms with E-state index in [0.29, 0.717) is 27.9 Å². The molecule has 3 rings (SSSR count). The normalized spacial score (nSPS) is 10.7. The van der Waals surface area contributed by atoms with Gasteiger partial charge in [0.1, 0.15) is 17.3 Å². The SMILES string of the molecule is COc1ccc(Nc2nnc(CSc3ccc(F)cc3)c(=O)n2C)cc1Cl. The molecular weight excluding hydrogens is 391 g/mol. The highest BCUT2D eigenvalue weighted by atomic mass is 35.5. The second kappa shape index (κ2) is 8.41. The van der Waals surface area contributed by atoms with Gasteiger partial charge in [-0.05, 0) is 42.5 Å². The summed E-state index contributed by atoms with van der Waals surface area (Å²) >= 11 is 7.49. The van der Waals surface area contributed by atoms with Gasteiger partial charge in [0.15, 0.2) is 0 Å². The standard InChI is InChI=1S/C18H16ClFN4O2S/c1-24-17(25)15(10-27-13-6-3-11(20)4-7-13)22-23-18(24)21-12-5-8-16(26-2)14(19)9-12/h3-9H,10H2,1-2H3,(H,21,23). The highest BCUT2D eigenvalue weighted by molar-refractivity contribution is 7.98. The Morgan fingerprint density at radius 3 is 2.63 bits per heavy atom. The monoisotopic (exact) mass is 406 g/mol. The summed E-state index contributed by atoms with van der Waals surface area (Å²) in [6, 6.07) is 11.2. The Hall–Kier alpha value is -2.58. The van der Waals surface area contributed by atoms with E-state index in [0.717, 1.165) is 4.90 Å². The fourth-order valence-corrected chi connectivity index (χ4v) is 3.33. The second-order valence-corrected chi connectivity index (χ2v) is 7.01. The van der Waals surface area contributed by atoms with Crippen molar-refractivity contribution in [1.82, 2.24) is 14.8 Å². The van der Waals surface area contributed by atoms with Crippen LogP contribution >= 0.6 is 23.4 Å². The number of hydrogen-bond acceptors (Lipinski definition) is 6. The summed E-state index contributed by atoms with van der Waals surface area (Å²) in [5.74, 6) is 0.871. The molecule has 0 amide bonds. The minimum absolute atomic E-state index is 0.262. The maximum absolute atomic E-state index is 13.0. The Morgan fingerprint density at radius 2 is 1.96 bits per heavy atom. The topological polar surface area (TPSA) is 69.0 Å². The van der Waals surface area contributed by atoms with Gasteiger partial charge in [-0.15, -0.1) is 22.0 Å². The second-order valence-electron chi connectivity index (χ2n) is 5.55. The van der Waals surface area contributed by atoms with Crippen molar-refractivity contribution in [3.63, 3.8) is 0 Å². The Labute approximate surface area is 164 Å². The van der Waals surface area contributed by atoms with Gasteiger partial charge in [0.25, 0.3) is 5.56 Å². The van der Waals surface area contributed by atoms with Crippen LogP contribution in [0.3, 0.4) is 0 Å². The predicted molar refractivity (Wildman–Crippen MR) is 105 cm³/mol. The molecule has 0 radical (unpaired) electrons. The lowest BCUT2D eigenvalue weighted by Crippen LogP contribution is -2.26. The molecule has 0 saturated heterocycles. The van der Waals surface area contributed by atoms with E-state index in [4.69, 9.17) is 16.3 Å². The molecule has 3 aromatic rings. The minimum atomic E-state index is -0.302. The Kier molecular flexibility index (Phi) is 5.98. The molecule has 1 heterocycles. The molecular formula is C18H16ClFN4O2S. The number of nitrogens with one attached hydrogen (secondary N) is 1. The van der Waals surface area contributed by atoms with Crippen LogP contribution in [0.25, 0.3) is 0 Å². The lowest BCUT2D eigenvalue weighted by molar-refractivity contribution is 0.415. The van der Waals surface area contributed by atoms with E-state index >= 15 is 0 Å². The quantitative estimate of drug-likeness (QED) is 0.624. The van der Waals surface area contributed by atoms with Gasteiger partial charge in [0.2, 0.25) is 5.95 Å². The highest BCUT2D eigenvalue weighted by Crippen LogP contribution is 2.28. The van der Waals surface area contributed by atoms with E-state index in [2.05, 4.69) is 15.5 Å². The molecule has 6 nitrogen and oxygen atoms in total. The van der Waals surface area contributed by atoms with Crippen LogP contribution in [0.15, 0.2) is 52.2 Å². The van der Waals surface area contributed by atoms with Crippen LogP contribution in [0.1, 0.15) is 5.69 Å². The largest absolute Gasteiger partial charge is 0.495 e. The van der Waals surface area contributed by atoms with E-state index in [1.807, 2.05) is 0 Å². The summed E-state index contributed by atoms with van der Waals surface area (Å²) in [5.41, 5.74) is 0.699. The molecule has 0 saturated carbocycles. The van der Waals surface area contributed by atoms with Crippen molar-refractivity contribution in [2.24, 2.45) is 7.05 Å². The van der Waals surface area contributed by atoms with Crippen LogP contribution in [0.5, 0.6) is 5.75 Å². The van der Waals surface area contributed by atoms with Crippen molar-refractivity contribution in [3.05, 3.63) is 69.4 Å². The first-order valence-electron chi connectivity index (χ1n) is 7.89.